The Bertz CT molecular complexity index is 553. The summed E-state index contributed by atoms with van der Waals surface area (Å²) in [6.45, 7) is 5.68. The third-order valence-electron chi connectivity index (χ3n) is 4.55. The second-order valence-electron chi connectivity index (χ2n) is 6.07. The molecular formula is C16H18N4O. The van der Waals surface area contributed by atoms with Crippen LogP contribution in [0.15, 0.2) is 0 Å². The molecular weight excluding hydrogens is 264 g/mol. The van der Waals surface area contributed by atoms with E-state index in [-0.39, 0.29) is 23.5 Å². The molecule has 108 valence electrons. The molecule has 0 bridgehead atoms. The zero-order valence-corrected chi connectivity index (χ0v) is 12.5. The highest BCUT2D eigenvalue weighted by molar-refractivity contribution is 5.86. The monoisotopic (exact) mass is 282 g/mol. The minimum atomic E-state index is -1.88. The average molecular weight is 282 g/mol. The van der Waals surface area contributed by atoms with Crippen molar-refractivity contribution < 1.29 is 4.79 Å². The summed E-state index contributed by atoms with van der Waals surface area (Å²) in [4.78, 5) is 12.8. The van der Waals surface area contributed by atoms with Crippen molar-refractivity contribution in [1.29, 1.82) is 21.0 Å². The lowest BCUT2D eigenvalue weighted by Gasteiger charge is -2.40. The summed E-state index contributed by atoms with van der Waals surface area (Å²) in [5.41, 5.74) is -1.88. The number of carbonyl (C=O) groups is 1. The number of carbonyl (C=O) groups excluding carboxylic acids is 1. The van der Waals surface area contributed by atoms with Crippen LogP contribution in [0.3, 0.4) is 0 Å². The summed E-state index contributed by atoms with van der Waals surface area (Å²) in [6, 6.07) is 7.10. The van der Waals surface area contributed by atoms with Gasteiger partial charge in [0.25, 0.3) is 0 Å². The van der Waals surface area contributed by atoms with Crippen molar-refractivity contribution in [1.82, 2.24) is 0 Å². The Kier molecular flexibility index (Phi) is 5.07. The van der Waals surface area contributed by atoms with Crippen LogP contribution in [-0.2, 0) is 4.79 Å². The lowest BCUT2D eigenvalue weighted by molar-refractivity contribution is -0.136. The van der Waals surface area contributed by atoms with Crippen LogP contribution in [0, 0.1) is 80.3 Å². The minimum absolute atomic E-state index is 0.116. The molecule has 0 unspecified atom stereocenters. The van der Waals surface area contributed by atoms with Gasteiger partial charge in [-0.05, 0) is 24.7 Å². The van der Waals surface area contributed by atoms with Gasteiger partial charge in [-0.2, -0.15) is 21.0 Å². The Morgan fingerprint density at radius 2 is 1.62 bits per heavy atom. The van der Waals surface area contributed by atoms with E-state index in [0.717, 1.165) is 6.42 Å². The third-order valence-corrected chi connectivity index (χ3v) is 4.55. The van der Waals surface area contributed by atoms with Crippen LogP contribution in [0.4, 0.5) is 0 Å². The smallest absolute Gasteiger partial charge is 0.182 e. The van der Waals surface area contributed by atoms with Crippen LogP contribution >= 0.6 is 0 Å². The molecule has 1 fully saturated rings. The fourth-order valence-electron chi connectivity index (χ4n) is 3.30. The molecule has 0 spiro atoms. The lowest BCUT2D eigenvalue weighted by Crippen LogP contribution is -2.48. The van der Waals surface area contributed by atoms with Gasteiger partial charge in [0.05, 0.1) is 30.2 Å². The van der Waals surface area contributed by atoms with Gasteiger partial charge in [-0.1, -0.05) is 20.8 Å². The first-order valence-electron chi connectivity index (χ1n) is 7.05. The van der Waals surface area contributed by atoms with Crippen molar-refractivity contribution in [2.75, 3.05) is 0 Å². The van der Waals surface area contributed by atoms with Gasteiger partial charge >= 0.3 is 0 Å². The maximum absolute atomic E-state index is 12.8. The molecule has 1 rings (SSSR count). The molecule has 3 atom stereocenters. The van der Waals surface area contributed by atoms with E-state index in [1.165, 1.54) is 0 Å². The van der Waals surface area contributed by atoms with Crippen molar-refractivity contribution in [3.05, 3.63) is 0 Å². The van der Waals surface area contributed by atoms with Crippen LogP contribution in [0.1, 0.15) is 33.6 Å². The highest BCUT2D eigenvalue weighted by Crippen LogP contribution is 2.47. The number of rotatable bonds is 3. The van der Waals surface area contributed by atoms with Crippen molar-refractivity contribution in [2.24, 2.45) is 35.0 Å². The van der Waals surface area contributed by atoms with Gasteiger partial charge in [0, 0.05) is 5.92 Å². The van der Waals surface area contributed by atoms with Crippen LogP contribution in [0.2, 0.25) is 0 Å². The molecule has 5 heteroatoms. The quantitative estimate of drug-likeness (QED) is 0.789. The zero-order valence-electron chi connectivity index (χ0n) is 12.5. The number of nitrogens with zero attached hydrogens (tertiary/aromatic N) is 4. The number of ketones is 1. The number of hydrogen-bond donors (Lipinski definition) is 0. The van der Waals surface area contributed by atoms with Crippen LogP contribution in [0.5, 0.6) is 0 Å². The molecule has 5 nitrogen and oxygen atoms in total. The van der Waals surface area contributed by atoms with Gasteiger partial charge in [-0.25, -0.2) is 0 Å². The van der Waals surface area contributed by atoms with E-state index >= 15 is 0 Å². The summed E-state index contributed by atoms with van der Waals surface area (Å²) >= 11 is 0. The molecule has 0 heterocycles. The highest BCUT2D eigenvalue weighted by Gasteiger charge is 2.55. The highest BCUT2D eigenvalue weighted by atomic mass is 16.1. The van der Waals surface area contributed by atoms with E-state index in [1.807, 2.05) is 32.9 Å². The summed E-state index contributed by atoms with van der Waals surface area (Å²) in [5.74, 6) is -2.73. The Labute approximate surface area is 125 Å². The third kappa shape index (κ3) is 2.61. The standard InChI is InChI=1S/C16H18N4O/c1-10(2)13-5-4-11(3)14(15(13)21)16(8-19,9-20)12(6-17)7-18/h10-14H,4-5H2,1-3H3/t11-,13+,14-/m1/s1. The molecule has 21 heavy (non-hydrogen) atoms. The minimum Gasteiger partial charge on any atom is -0.299 e. The molecule has 0 radical (unpaired) electrons. The summed E-state index contributed by atoms with van der Waals surface area (Å²) in [7, 11) is 0. The lowest BCUT2D eigenvalue weighted by atomic mass is 9.57. The number of hydrogen-bond acceptors (Lipinski definition) is 5. The fourth-order valence-corrected chi connectivity index (χ4v) is 3.30. The molecule has 1 aliphatic carbocycles. The van der Waals surface area contributed by atoms with E-state index in [2.05, 4.69) is 0 Å². The molecule has 0 saturated heterocycles. The number of Topliss-reactive ketones (excluding diaryl/α,β-unsaturated/α-hetero) is 1. The first kappa shape index (κ1) is 16.7. The second kappa shape index (κ2) is 6.39. The maximum Gasteiger partial charge on any atom is 0.182 e. The molecule has 1 saturated carbocycles. The van der Waals surface area contributed by atoms with Gasteiger partial charge in [0.15, 0.2) is 11.3 Å². The van der Waals surface area contributed by atoms with Crippen molar-refractivity contribution in [3.63, 3.8) is 0 Å². The Balaban J connectivity index is 3.41. The van der Waals surface area contributed by atoms with Crippen molar-refractivity contribution >= 4 is 5.78 Å². The van der Waals surface area contributed by atoms with E-state index in [9.17, 15) is 15.3 Å². The molecule has 0 amide bonds. The Morgan fingerprint density at radius 3 is 2.00 bits per heavy atom. The number of nitriles is 4. The SMILES string of the molecule is CC(C)[C@@H]1CC[C@@H](C)[C@@H](C(C#N)(C#N)C(C#N)C#N)C1=O. The second-order valence-corrected chi connectivity index (χ2v) is 6.07. The average Bonchev–Trinajstić information content (AvgIpc) is 2.46. The normalized spacial score (nSPS) is 25.8. The van der Waals surface area contributed by atoms with Crippen molar-refractivity contribution in [3.8, 4) is 24.3 Å². The van der Waals surface area contributed by atoms with Crippen LogP contribution in [-0.4, -0.2) is 5.78 Å². The molecule has 1 aliphatic rings. The van der Waals surface area contributed by atoms with Crippen LogP contribution in [0.25, 0.3) is 0 Å². The molecule has 0 N–H and O–H groups in total. The largest absolute Gasteiger partial charge is 0.299 e. The van der Waals surface area contributed by atoms with Gasteiger partial charge in [0.2, 0.25) is 0 Å². The Hall–Kier alpha value is -2.37. The van der Waals surface area contributed by atoms with Gasteiger partial charge < -0.3 is 0 Å². The van der Waals surface area contributed by atoms with E-state index in [1.54, 1.807) is 12.1 Å². The molecule has 0 aromatic heterocycles. The van der Waals surface area contributed by atoms with Gasteiger partial charge in [0.1, 0.15) is 5.78 Å². The predicted molar refractivity (Wildman–Crippen MR) is 73.6 cm³/mol. The maximum atomic E-state index is 12.8. The van der Waals surface area contributed by atoms with E-state index < -0.39 is 17.3 Å². The zero-order chi connectivity index (χ0) is 16.2. The first-order chi connectivity index (χ1) is 9.89. The molecule has 0 aromatic carbocycles. The predicted octanol–water partition coefficient (Wildman–Crippen LogP) is 2.57. The van der Waals surface area contributed by atoms with E-state index in [4.69, 9.17) is 10.5 Å². The van der Waals surface area contributed by atoms with Gasteiger partial charge in [-0.15, -0.1) is 0 Å². The molecule has 0 aliphatic heterocycles. The first-order valence-corrected chi connectivity index (χ1v) is 7.05. The van der Waals surface area contributed by atoms with Gasteiger partial charge in [-0.3, -0.25) is 4.79 Å². The van der Waals surface area contributed by atoms with Crippen molar-refractivity contribution in [2.45, 2.75) is 33.6 Å². The fraction of sp³-hybridized carbons (Fsp3) is 0.688. The Morgan fingerprint density at radius 1 is 1.10 bits per heavy atom. The summed E-state index contributed by atoms with van der Waals surface area (Å²) in [5, 5.41) is 37.2. The summed E-state index contributed by atoms with van der Waals surface area (Å²) < 4.78 is 0. The topological polar surface area (TPSA) is 112 Å². The van der Waals surface area contributed by atoms with Crippen LogP contribution < -0.4 is 0 Å². The summed E-state index contributed by atoms with van der Waals surface area (Å²) in [6.07, 6.45) is 1.44. The van der Waals surface area contributed by atoms with E-state index in [0.29, 0.717) is 6.42 Å². The molecule has 0 aromatic rings.